The van der Waals surface area contributed by atoms with Crippen LogP contribution in [0.2, 0.25) is 0 Å². The summed E-state index contributed by atoms with van der Waals surface area (Å²) in [6, 6.07) is 3.79. The van der Waals surface area contributed by atoms with Gasteiger partial charge in [-0.2, -0.15) is 0 Å². The molecule has 0 radical (unpaired) electrons. The average molecular weight is 284 g/mol. The smallest absolute Gasteiger partial charge is 0.212 e. The number of hydrogen-bond acceptors (Lipinski definition) is 5. The molecule has 110 valence electrons. The van der Waals surface area contributed by atoms with Crippen LogP contribution in [-0.2, 0) is 12.8 Å². The van der Waals surface area contributed by atoms with E-state index < -0.39 is 0 Å². The molecule has 1 N–H and O–H groups in total. The Hall–Kier alpha value is -2.17. The molecule has 5 heteroatoms. The number of anilines is 1. The highest BCUT2D eigenvalue weighted by molar-refractivity contribution is 5.60. The van der Waals surface area contributed by atoms with Crippen molar-refractivity contribution in [3.8, 4) is 17.3 Å². The molecule has 0 atom stereocenters. The van der Waals surface area contributed by atoms with Crippen LogP contribution in [-0.4, -0.2) is 28.6 Å². The second-order valence-corrected chi connectivity index (χ2v) is 5.19. The molecule has 21 heavy (non-hydrogen) atoms. The van der Waals surface area contributed by atoms with Gasteiger partial charge < -0.3 is 10.1 Å². The number of rotatable bonds is 5. The van der Waals surface area contributed by atoms with Gasteiger partial charge in [-0.3, -0.25) is 0 Å². The summed E-state index contributed by atoms with van der Waals surface area (Å²) >= 11 is 0. The Bertz CT molecular complexity index is 625. The zero-order valence-electron chi connectivity index (χ0n) is 12.5. The zero-order valence-corrected chi connectivity index (χ0v) is 12.5. The third-order valence-electron chi connectivity index (χ3n) is 3.68. The van der Waals surface area contributed by atoms with E-state index >= 15 is 0 Å². The van der Waals surface area contributed by atoms with Gasteiger partial charge in [0.15, 0.2) is 5.82 Å². The lowest BCUT2D eigenvalue weighted by Crippen LogP contribution is -2.08. The maximum absolute atomic E-state index is 5.09. The van der Waals surface area contributed by atoms with Crippen LogP contribution in [0.15, 0.2) is 18.3 Å². The lowest BCUT2D eigenvalue weighted by atomic mass is 10.2. The molecular formula is C16H20N4O. The molecule has 0 amide bonds. The summed E-state index contributed by atoms with van der Waals surface area (Å²) in [5.74, 6) is 2.33. The van der Waals surface area contributed by atoms with Gasteiger partial charge in [-0.15, -0.1) is 0 Å². The monoisotopic (exact) mass is 284 g/mol. The molecule has 0 aliphatic heterocycles. The van der Waals surface area contributed by atoms with Gasteiger partial charge in [-0.05, 0) is 31.7 Å². The van der Waals surface area contributed by atoms with E-state index in [1.807, 2.05) is 12.1 Å². The maximum Gasteiger partial charge on any atom is 0.212 e. The standard InChI is InChI=1S/C16H20N4O/c1-3-9-17-16-12-5-4-6-13(12)19-15(20-16)11-7-8-14(21-2)18-10-11/h7-8,10H,3-6,9H2,1-2H3,(H,17,19,20). The fraction of sp³-hybridized carbons (Fsp3) is 0.438. The Morgan fingerprint density at radius 2 is 2.14 bits per heavy atom. The van der Waals surface area contributed by atoms with E-state index in [1.165, 1.54) is 11.3 Å². The molecule has 2 aromatic rings. The minimum atomic E-state index is 0.601. The summed E-state index contributed by atoms with van der Waals surface area (Å²) in [4.78, 5) is 13.7. The Labute approximate surface area is 124 Å². The molecule has 0 unspecified atom stereocenters. The first kappa shape index (κ1) is 13.8. The molecule has 0 spiro atoms. The number of nitrogens with zero attached hydrogens (tertiary/aromatic N) is 3. The molecule has 3 rings (SSSR count). The molecule has 2 aromatic heterocycles. The third kappa shape index (κ3) is 2.82. The summed E-state index contributed by atoms with van der Waals surface area (Å²) in [6.07, 6.45) is 6.12. The number of ether oxygens (including phenoxy) is 1. The largest absolute Gasteiger partial charge is 0.481 e. The second kappa shape index (κ2) is 6.08. The number of hydrogen-bond donors (Lipinski definition) is 1. The number of pyridine rings is 1. The van der Waals surface area contributed by atoms with Crippen molar-refractivity contribution in [2.45, 2.75) is 32.6 Å². The molecule has 1 aliphatic carbocycles. The highest BCUT2D eigenvalue weighted by Gasteiger charge is 2.19. The molecule has 0 saturated heterocycles. The number of fused-ring (bicyclic) bond motifs is 1. The number of aryl methyl sites for hydroxylation is 1. The van der Waals surface area contributed by atoms with Crippen LogP contribution < -0.4 is 10.1 Å². The van der Waals surface area contributed by atoms with E-state index in [0.717, 1.165) is 49.4 Å². The molecule has 0 saturated carbocycles. The average Bonchev–Trinajstić information content (AvgIpc) is 3.01. The third-order valence-corrected chi connectivity index (χ3v) is 3.68. The normalized spacial score (nSPS) is 13.0. The second-order valence-electron chi connectivity index (χ2n) is 5.19. The van der Waals surface area contributed by atoms with Gasteiger partial charge in [0.05, 0.1) is 7.11 Å². The Balaban J connectivity index is 1.97. The number of methoxy groups -OCH3 is 1. The number of nitrogens with one attached hydrogen (secondary N) is 1. The quantitative estimate of drug-likeness (QED) is 0.915. The minimum absolute atomic E-state index is 0.601. The van der Waals surface area contributed by atoms with Crippen LogP contribution in [0.5, 0.6) is 5.88 Å². The Morgan fingerprint density at radius 1 is 1.24 bits per heavy atom. The summed E-state index contributed by atoms with van der Waals surface area (Å²) in [5.41, 5.74) is 3.38. The van der Waals surface area contributed by atoms with E-state index in [2.05, 4.69) is 17.2 Å². The van der Waals surface area contributed by atoms with Gasteiger partial charge in [-0.1, -0.05) is 6.92 Å². The van der Waals surface area contributed by atoms with Crippen molar-refractivity contribution < 1.29 is 4.74 Å². The molecule has 0 fully saturated rings. The van der Waals surface area contributed by atoms with E-state index in [1.54, 1.807) is 13.3 Å². The lowest BCUT2D eigenvalue weighted by Gasteiger charge is -2.11. The Kier molecular flexibility index (Phi) is 3.99. The SMILES string of the molecule is CCCNc1nc(-c2ccc(OC)nc2)nc2c1CCC2. The lowest BCUT2D eigenvalue weighted by molar-refractivity contribution is 0.398. The highest BCUT2D eigenvalue weighted by Crippen LogP contribution is 2.29. The highest BCUT2D eigenvalue weighted by atomic mass is 16.5. The molecular weight excluding hydrogens is 264 g/mol. The summed E-state index contributed by atoms with van der Waals surface area (Å²) in [7, 11) is 1.61. The van der Waals surface area contributed by atoms with Crippen LogP contribution in [0.25, 0.3) is 11.4 Å². The minimum Gasteiger partial charge on any atom is -0.481 e. The van der Waals surface area contributed by atoms with Crippen molar-refractivity contribution in [3.63, 3.8) is 0 Å². The van der Waals surface area contributed by atoms with Crippen LogP contribution >= 0.6 is 0 Å². The topological polar surface area (TPSA) is 59.9 Å². The van der Waals surface area contributed by atoms with Crippen molar-refractivity contribution in [2.75, 3.05) is 19.0 Å². The van der Waals surface area contributed by atoms with Gasteiger partial charge in [0.25, 0.3) is 0 Å². The van der Waals surface area contributed by atoms with E-state index in [-0.39, 0.29) is 0 Å². The Morgan fingerprint density at radius 3 is 2.86 bits per heavy atom. The van der Waals surface area contributed by atoms with Crippen LogP contribution in [0, 0.1) is 0 Å². The van der Waals surface area contributed by atoms with Crippen molar-refractivity contribution >= 4 is 5.82 Å². The first-order chi connectivity index (χ1) is 10.3. The van der Waals surface area contributed by atoms with Gasteiger partial charge in [0.2, 0.25) is 5.88 Å². The van der Waals surface area contributed by atoms with Crippen LogP contribution in [0.3, 0.4) is 0 Å². The van der Waals surface area contributed by atoms with Crippen molar-refractivity contribution in [1.29, 1.82) is 0 Å². The summed E-state index contributed by atoms with van der Waals surface area (Å²) < 4.78 is 5.09. The summed E-state index contributed by atoms with van der Waals surface area (Å²) in [6.45, 7) is 3.09. The van der Waals surface area contributed by atoms with Gasteiger partial charge in [0, 0.05) is 35.6 Å². The number of aromatic nitrogens is 3. The molecule has 0 bridgehead atoms. The van der Waals surface area contributed by atoms with E-state index in [0.29, 0.717) is 5.88 Å². The summed E-state index contributed by atoms with van der Waals surface area (Å²) in [5, 5.41) is 3.43. The van der Waals surface area contributed by atoms with Crippen molar-refractivity contribution in [3.05, 3.63) is 29.6 Å². The molecule has 1 aliphatic rings. The van der Waals surface area contributed by atoms with E-state index in [9.17, 15) is 0 Å². The molecule has 0 aromatic carbocycles. The molecule has 5 nitrogen and oxygen atoms in total. The zero-order chi connectivity index (χ0) is 14.7. The maximum atomic E-state index is 5.09. The molecule has 2 heterocycles. The van der Waals surface area contributed by atoms with E-state index in [4.69, 9.17) is 14.7 Å². The predicted octanol–water partition coefficient (Wildman–Crippen LogP) is 2.86. The van der Waals surface area contributed by atoms with Gasteiger partial charge in [0.1, 0.15) is 5.82 Å². The fourth-order valence-electron chi connectivity index (χ4n) is 2.58. The predicted molar refractivity (Wildman–Crippen MR) is 82.6 cm³/mol. The fourth-order valence-corrected chi connectivity index (χ4v) is 2.58. The van der Waals surface area contributed by atoms with Crippen LogP contribution in [0.1, 0.15) is 31.0 Å². The van der Waals surface area contributed by atoms with Gasteiger partial charge in [-0.25, -0.2) is 15.0 Å². The van der Waals surface area contributed by atoms with Crippen molar-refractivity contribution in [1.82, 2.24) is 15.0 Å². The van der Waals surface area contributed by atoms with Gasteiger partial charge >= 0.3 is 0 Å². The first-order valence-corrected chi connectivity index (χ1v) is 7.46. The van der Waals surface area contributed by atoms with Crippen LogP contribution in [0.4, 0.5) is 5.82 Å². The van der Waals surface area contributed by atoms with Crippen molar-refractivity contribution in [2.24, 2.45) is 0 Å². The first-order valence-electron chi connectivity index (χ1n) is 7.46.